The number of rotatable bonds is 4. The summed E-state index contributed by atoms with van der Waals surface area (Å²) in [5.41, 5.74) is 2.00. The van der Waals surface area contributed by atoms with Crippen LogP contribution >= 0.6 is 0 Å². The SMILES string of the molecule is CC[C@H]1Cn2c(C(=O)NCc3ccccc3F)cc3cccc(c32)O1. The number of amides is 1. The molecule has 1 aliphatic heterocycles. The van der Waals surface area contributed by atoms with Crippen molar-refractivity contribution in [2.75, 3.05) is 0 Å². The molecule has 0 aliphatic carbocycles. The topological polar surface area (TPSA) is 43.3 Å². The third-order valence-corrected chi connectivity index (χ3v) is 4.65. The molecule has 4 rings (SSSR count). The number of nitrogens with one attached hydrogen (secondary N) is 1. The fourth-order valence-corrected chi connectivity index (χ4v) is 3.30. The minimum atomic E-state index is -0.314. The van der Waals surface area contributed by atoms with Crippen molar-refractivity contribution in [3.8, 4) is 5.75 Å². The highest BCUT2D eigenvalue weighted by atomic mass is 19.1. The largest absolute Gasteiger partial charge is 0.486 e. The molecule has 0 unspecified atom stereocenters. The number of ether oxygens (including phenoxy) is 1. The quantitative estimate of drug-likeness (QED) is 0.784. The van der Waals surface area contributed by atoms with E-state index in [0.717, 1.165) is 23.1 Å². The molecule has 0 saturated heterocycles. The maximum atomic E-state index is 13.7. The van der Waals surface area contributed by atoms with Gasteiger partial charge in [-0.05, 0) is 24.6 Å². The minimum Gasteiger partial charge on any atom is -0.486 e. The summed E-state index contributed by atoms with van der Waals surface area (Å²) in [4.78, 5) is 12.7. The number of aromatic nitrogens is 1. The van der Waals surface area contributed by atoms with Crippen LogP contribution in [0.2, 0.25) is 0 Å². The number of hydrogen-bond donors (Lipinski definition) is 1. The van der Waals surface area contributed by atoms with Gasteiger partial charge in [0.2, 0.25) is 0 Å². The van der Waals surface area contributed by atoms with Crippen LogP contribution in [0.15, 0.2) is 48.5 Å². The van der Waals surface area contributed by atoms with Crippen LogP contribution in [0, 0.1) is 5.82 Å². The second-order valence-electron chi connectivity index (χ2n) is 6.26. The maximum absolute atomic E-state index is 13.7. The molecule has 1 atom stereocenters. The second kappa shape index (κ2) is 6.24. The molecule has 0 radical (unpaired) electrons. The molecule has 1 N–H and O–H groups in total. The number of para-hydroxylation sites is 1. The van der Waals surface area contributed by atoms with Gasteiger partial charge < -0.3 is 14.6 Å². The number of halogens is 1. The Kier molecular flexibility index (Phi) is 3.92. The molecule has 2 aromatic carbocycles. The maximum Gasteiger partial charge on any atom is 0.268 e. The summed E-state index contributed by atoms with van der Waals surface area (Å²) in [5.74, 6) is 0.289. The Morgan fingerprint density at radius 3 is 2.92 bits per heavy atom. The fraction of sp³-hybridized carbons (Fsp3) is 0.250. The van der Waals surface area contributed by atoms with E-state index in [2.05, 4.69) is 12.2 Å². The van der Waals surface area contributed by atoms with Crippen LogP contribution in [0.4, 0.5) is 4.39 Å². The lowest BCUT2D eigenvalue weighted by molar-refractivity contribution is 0.0935. The highest BCUT2D eigenvalue weighted by molar-refractivity contribution is 6.00. The van der Waals surface area contributed by atoms with Crippen LogP contribution in [0.3, 0.4) is 0 Å². The van der Waals surface area contributed by atoms with Gasteiger partial charge in [0.15, 0.2) is 0 Å². The molecule has 2 heterocycles. The highest BCUT2D eigenvalue weighted by Gasteiger charge is 2.25. The van der Waals surface area contributed by atoms with Gasteiger partial charge in [0, 0.05) is 17.5 Å². The summed E-state index contributed by atoms with van der Waals surface area (Å²) < 4.78 is 21.7. The molecule has 1 aliphatic rings. The predicted molar refractivity (Wildman–Crippen MR) is 94.2 cm³/mol. The molecule has 25 heavy (non-hydrogen) atoms. The average Bonchev–Trinajstić information content (AvgIpc) is 3.01. The van der Waals surface area contributed by atoms with E-state index in [1.165, 1.54) is 6.07 Å². The van der Waals surface area contributed by atoms with E-state index in [9.17, 15) is 9.18 Å². The second-order valence-corrected chi connectivity index (χ2v) is 6.26. The van der Waals surface area contributed by atoms with Gasteiger partial charge in [-0.3, -0.25) is 4.79 Å². The van der Waals surface area contributed by atoms with Gasteiger partial charge in [-0.25, -0.2) is 4.39 Å². The van der Waals surface area contributed by atoms with E-state index in [1.54, 1.807) is 18.2 Å². The van der Waals surface area contributed by atoms with Crippen molar-refractivity contribution >= 4 is 16.8 Å². The normalized spacial score (nSPS) is 15.8. The summed E-state index contributed by atoms with van der Waals surface area (Å²) in [5, 5.41) is 3.80. The number of hydrogen-bond acceptors (Lipinski definition) is 2. The van der Waals surface area contributed by atoms with E-state index in [1.807, 2.05) is 28.8 Å². The van der Waals surface area contributed by atoms with Crippen LogP contribution in [-0.2, 0) is 13.1 Å². The summed E-state index contributed by atoms with van der Waals surface area (Å²) in [7, 11) is 0. The van der Waals surface area contributed by atoms with Crippen LogP contribution in [0.1, 0.15) is 29.4 Å². The zero-order valence-corrected chi connectivity index (χ0v) is 14.0. The first-order valence-corrected chi connectivity index (χ1v) is 8.48. The monoisotopic (exact) mass is 338 g/mol. The van der Waals surface area contributed by atoms with Gasteiger partial charge in [0.25, 0.3) is 5.91 Å². The lowest BCUT2D eigenvalue weighted by Crippen LogP contribution is -2.31. The average molecular weight is 338 g/mol. The first-order chi connectivity index (χ1) is 12.2. The van der Waals surface area contributed by atoms with Gasteiger partial charge in [0.05, 0.1) is 12.1 Å². The summed E-state index contributed by atoms with van der Waals surface area (Å²) in [6, 6.07) is 14.2. The first-order valence-electron chi connectivity index (χ1n) is 8.48. The van der Waals surface area contributed by atoms with Crippen molar-refractivity contribution in [3.05, 3.63) is 65.6 Å². The van der Waals surface area contributed by atoms with E-state index >= 15 is 0 Å². The minimum absolute atomic E-state index is 0.0450. The Hall–Kier alpha value is -2.82. The molecule has 3 aromatic rings. The van der Waals surface area contributed by atoms with Crippen LogP contribution in [0.5, 0.6) is 5.75 Å². The Morgan fingerprint density at radius 1 is 1.28 bits per heavy atom. The van der Waals surface area contributed by atoms with E-state index in [4.69, 9.17) is 4.74 Å². The van der Waals surface area contributed by atoms with Crippen molar-refractivity contribution in [1.82, 2.24) is 9.88 Å². The van der Waals surface area contributed by atoms with Crippen molar-refractivity contribution < 1.29 is 13.9 Å². The molecule has 0 saturated carbocycles. The molecular formula is C20H19FN2O2. The van der Waals surface area contributed by atoms with E-state index < -0.39 is 0 Å². The molecular weight excluding hydrogens is 319 g/mol. The third-order valence-electron chi connectivity index (χ3n) is 4.65. The van der Waals surface area contributed by atoms with E-state index in [-0.39, 0.29) is 24.4 Å². The molecule has 128 valence electrons. The molecule has 1 aromatic heterocycles. The van der Waals surface area contributed by atoms with Crippen molar-refractivity contribution in [2.24, 2.45) is 0 Å². The van der Waals surface area contributed by atoms with Gasteiger partial charge in [0.1, 0.15) is 23.4 Å². The zero-order valence-electron chi connectivity index (χ0n) is 14.0. The van der Waals surface area contributed by atoms with Gasteiger partial charge in [-0.1, -0.05) is 37.3 Å². The molecule has 1 amide bonds. The predicted octanol–water partition coefficient (Wildman–Crippen LogP) is 3.88. The molecule has 0 bridgehead atoms. The summed E-state index contributed by atoms with van der Waals surface area (Å²) in [6.45, 7) is 2.87. The van der Waals surface area contributed by atoms with E-state index in [0.29, 0.717) is 17.8 Å². The van der Waals surface area contributed by atoms with Crippen LogP contribution in [-0.4, -0.2) is 16.6 Å². The number of carbonyl (C=O) groups is 1. The van der Waals surface area contributed by atoms with Gasteiger partial charge in [-0.2, -0.15) is 0 Å². The number of carbonyl (C=O) groups excluding carboxylic acids is 1. The third kappa shape index (κ3) is 2.76. The summed E-state index contributed by atoms with van der Waals surface area (Å²) >= 11 is 0. The number of nitrogens with zero attached hydrogens (tertiary/aromatic N) is 1. The summed E-state index contributed by atoms with van der Waals surface area (Å²) in [6.07, 6.45) is 0.910. The lowest BCUT2D eigenvalue weighted by atomic mass is 10.2. The Labute approximate surface area is 145 Å². The van der Waals surface area contributed by atoms with Gasteiger partial charge >= 0.3 is 0 Å². The molecule has 5 heteroatoms. The Morgan fingerprint density at radius 2 is 2.12 bits per heavy atom. The van der Waals surface area contributed by atoms with Crippen molar-refractivity contribution in [3.63, 3.8) is 0 Å². The highest BCUT2D eigenvalue weighted by Crippen LogP contribution is 2.34. The zero-order chi connectivity index (χ0) is 17.4. The fourth-order valence-electron chi connectivity index (χ4n) is 3.30. The number of benzene rings is 2. The van der Waals surface area contributed by atoms with Crippen LogP contribution in [0.25, 0.3) is 10.9 Å². The Bertz CT molecular complexity index is 948. The van der Waals surface area contributed by atoms with Crippen LogP contribution < -0.4 is 10.1 Å². The molecule has 0 spiro atoms. The lowest BCUT2D eigenvalue weighted by Gasteiger charge is -2.26. The smallest absolute Gasteiger partial charge is 0.268 e. The molecule has 4 nitrogen and oxygen atoms in total. The van der Waals surface area contributed by atoms with Crippen molar-refractivity contribution in [2.45, 2.75) is 32.5 Å². The van der Waals surface area contributed by atoms with Gasteiger partial charge in [-0.15, -0.1) is 0 Å². The Balaban J connectivity index is 1.65. The first kappa shape index (κ1) is 15.7. The standard InChI is InChI=1S/C20H19FN2O2/c1-2-15-12-23-17(10-13-7-5-9-18(25-15)19(13)23)20(24)22-11-14-6-3-4-8-16(14)21/h3-10,15H,2,11-12H2,1H3,(H,22,24)/t15-/m0/s1. The molecule has 0 fully saturated rings. The van der Waals surface area contributed by atoms with Crippen molar-refractivity contribution in [1.29, 1.82) is 0 Å².